The van der Waals surface area contributed by atoms with E-state index in [-0.39, 0.29) is 16.6 Å². The molecule has 4 heteroatoms. The summed E-state index contributed by atoms with van der Waals surface area (Å²) in [6, 6.07) is 13.2. The lowest BCUT2D eigenvalue weighted by Crippen LogP contribution is -2.07. The Hall–Kier alpha value is -0.380. The maximum atomic E-state index is 14.2. The lowest BCUT2D eigenvalue weighted by atomic mass is 9.89. The molecule has 0 aliphatic heterocycles. The molecular weight excluding hydrogens is 406 g/mol. The van der Waals surface area contributed by atoms with E-state index in [9.17, 15) is 4.39 Å². The summed E-state index contributed by atoms with van der Waals surface area (Å²) in [5.41, 5.74) is 1.78. The van der Waals surface area contributed by atoms with Gasteiger partial charge >= 0.3 is 0 Å². The summed E-state index contributed by atoms with van der Waals surface area (Å²) in [5, 5.41) is 0.522. The van der Waals surface area contributed by atoms with Gasteiger partial charge in [-0.1, -0.05) is 64.8 Å². The average Bonchev–Trinajstić information content (AvgIpc) is 2.44. The minimum absolute atomic E-state index is 0.111. The van der Waals surface area contributed by atoms with E-state index in [0.29, 0.717) is 15.1 Å². The Morgan fingerprint density at radius 3 is 2.45 bits per heavy atom. The Morgan fingerprint density at radius 1 is 1.20 bits per heavy atom. The molecule has 0 saturated carbocycles. The number of alkyl halides is 1. The van der Waals surface area contributed by atoms with Gasteiger partial charge in [-0.2, -0.15) is 0 Å². The van der Waals surface area contributed by atoms with Crippen LogP contribution in [0.15, 0.2) is 46.9 Å². The van der Waals surface area contributed by atoms with E-state index in [1.165, 1.54) is 11.6 Å². The zero-order valence-electron chi connectivity index (χ0n) is 10.9. The van der Waals surface area contributed by atoms with Crippen molar-refractivity contribution in [1.82, 2.24) is 0 Å². The van der Waals surface area contributed by atoms with Gasteiger partial charge in [-0.05, 0) is 40.0 Å². The van der Waals surface area contributed by atoms with Crippen LogP contribution >= 0.6 is 43.5 Å². The fraction of sp³-hybridized carbons (Fsp3) is 0.250. The third kappa shape index (κ3) is 3.44. The third-order valence-electron chi connectivity index (χ3n) is 3.36. The molecule has 0 aromatic heterocycles. The predicted octanol–water partition coefficient (Wildman–Crippen LogP) is 6.87. The first-order valence-electron chi connectivity index (χ1n) is 6.38. The molecule has 0 aliphatic rings. The minimum Gasteiger partial charge on any atom is -0.207 e. The summed E-state index contributed by atoms with van der Waals surface area (Å²) < 4.78 is 14.8. The fourth-order valence-corrected chi connectivity index (χ4v) is 3.80. The monoisotopic (exact) mass is 418 g/mol. The molecule has 2 aromatic carbocycles. The molecule has 106 valence electrons. The van der Waals surface area contributed by atoms with E-state index in [1.807, 2.05) is 18.2 Å². The first-order chi connectivity index (χ1) is 9.54. The van der Waals surface area contributed by atoms with Crippen molar-refractivity contribution in [2.45, 2.75) is 24.1 Å². The molecule has 0 radical (unpaired) electrons. The Bertz CT molecular complexity index is 587. The van der Waals surface area contributed by atoms with Gasteiger partial charge in [0.1, 0.15) is 5.82 Å². The van der Waals surface area contributed by atoms with Gasteiger partial charge < -0.3 is 0 Å². The molecule has 20 heavy (non-hydrogen) atoms. The zero-order valence-corrected chi connectivity index (χ0v) is 14.8. The smallest absolute Gasteiger partial charge is 0.128 e. The maximum Gasteiger partial charge on any atom is 0.128 e. The highest BCUT2D eigenvalue weighted by Crippen LogP contribution is 2.42. The number of hydrogen-bond acceptors (Lipinski definition) is 0. The van der Waals surface area contributed by atoms with Crippen molar-refractivity contribution < 1.29 is 4.39 Å². The van der Waals surface area contributed by atoms with Crippen LogP contribution in [0.4, 0.5) is 4.39 Å². The highest BCUT2D eigenvalue weighted by atomic mass is 79.9. The average molecular weight is 421 g/mol. The van der Waals surface area contributed by atoms with E-state index >= 15 is 0 Å². The summed E-state index contributed by atoms with van der Waals surface area (Å²) in [4.78, 5) is -0.111. The van der Waals surface area contributed by atoms with Crippen molar-refractivity contribution in [2.24, 2.45) is 0 Å². The van der Waals surface area contributed by atoms with Gasteiger partial charge in [0.05, 0.1) is 5.02 Å². The largest absolute Gasteiger partial charge is 0.207 e. The van der Waals surface area contributed by atoms with E-state index in [4.69, 9.17) is 11.6 Å². The van der Waals surface area contributed by atoms with Gasteiger partial charge in [0, 0.05) is 20.8 Å². The molecular formula is C16H14Br2ClF. The molecule has 0 nitrogen and oxygen atoms in total. The van der Waals surface area contributed by atoms with Crippen molar-refractivity contribution in [1.29, 1.82) is 0 Å². The first kappa shape index (κ1) is 16.0. The van der Waals surface area contributed by atoms with E-state index in [2.05, 4.69) is 50.9 Å². The van der Waals surface area contributed by atoms with Gasteiger partial charge in [0.15, 0.2) is 0 Å². The van der Waals surface area contributed by atoms with Crippen molar-refractivity contribution in [3.8, 4) is 0 Å². The molecule has 0 spiro atoms. The maximum absolute atomic E-state index is 14.2. The Balaban J connectivity index is 2.39. The Kier molecular flexibility index (Phi) is 5.65. The molecule has 2 rings (SSSR count). The zero-order chi connectivity index (χ0) is 14.7. The fourth-order valence-electron chi connectivity index (χ4n) is 2.28. The van der Waals surface area contributed by atoms with Gasteiger partial charge in [0.2, 0.25) is 0 Å². The first-order valence-corrected chi connectivity index (χ1v) is 8.46. The van der Waals surface area contributed by atoms with Crippen molar-refractivity contribution >= 4 is 43.5 Å². The molecule has 0 bridgehead atoms. The van der Waals surface area contributed by atoms with E-state index in [1.54, 1.807) is 6.07 Å². The van der Waals surface area contributed by atoms with Gasteiger partial charge in [-0.3, -0.25) is 0 Å². The second kappa shape index (κ2) is 7.06. The van der Waals surface area contributed by atoms with Crippen LogP contribution in [0.3, 0.4) is 0 Å². The lowest BCUT2D eigenvalue weighted by molar-refractivity contribution is 0.579. The number of halogens is 4. The summed E-state index contributed by atoms with van der Waals surface area (Å²) in [6.07, 6.45) is 0.910. The summed E-state index contributed by atoms with van der Waals surface area (Å²) >= 11 is 13.0. The van der Waals surface area contributed by atoms with Crippen LogP contribution in [0.25, 0.3) is 0 Å². The van der Waals surface area contributed by atoms with Crippen molar-refractivity contribution in [3.05, 3.63) is 68.9 Å². The number of rotatable bonds is 4. The summed E-state index contributed by atoms with van der Waals surface area (Å²) in [6.45, 7) is 2.10. The topological polar surface area (TPSA) is 0 Å². The van der Waals surface area contributed by atoms with Gasteiger partial charge in [-0.25, -0.2) is 4.39 Å². The van der Waals surface area contributed by atoms with Crippen LogP contribution in [0.1, 0.15) is 35.2 Å². The normalized spacial score (nSPS) is 14.1. The van der Waals surface area contributed by atoms with Crippen LogP contribution in [0, 0.1) is 5.82 Å². The van der Waals surface area contributed by atoms with Crippen LogP contribution in [-0.2, 0) is 0 Å². The molecule has 0 N–H and O–H groups in total. The second-order valence-corrected chi connectivity index (χ2v) is 6.86. The van der Waals surface area contributed by atoms with Crippen LogP contribution in [0.2, 0.25) is 5.02 Å². The Morgan fingerprint density at radius 2 is 1.85 bits per heavy atom. The molecule has 2 atom stereocenters. The van der Waals surface area contributed by atoms with Crippen LogP contribution < -0.4 is 0 Å². The van der Waals surface area contributed by atoms with Crippen LogP contribution in [-0.4, -0.2) is 0 Å². The van der Waals surface area contributed by atoms with Crippen molar-refractivity contribution in [2.75, 3.05) is 0 Å². The highest BCUT2D eigenvalue weighted by Gasteiger charge is 2.24. The van der Waals surface area contributed by atoms with E-state index < -0.39 is 0 Å². The van der Waals surface area contributed by atoms with E-state index in [0.717, 1.165) is 6.42 Å². The standard InChI is InChI=1S/C16H14Br2ClF/c1-2-11(10-6-4-3-5-7-10)16(18)12-8-14(19)13(17)9-15(12)20/h3-9,11,16H,2H2,1H3. The number of hydrogen-bond donors (Lipinski definition) is 0. The lowest BCUT2D eigenvalue weighted by Gasteiger charge is -2.23. The van der Waals surface area contributed by atoms with Gasteiger partial charge in [-0.15, -0.1) is 0 Å². The van der Waals surface area contributed by atoms with Gasteiger partial charge in [0.25, 0.3) is 0 Å². The molecule has 2 unspecified atom stereocenters. The van der Waals surface area contributed by atoms with Crippen molar-refractivity contribution in [3.63, 3.8) is 0 Å². The molecule has 2 aromatic rings. The number of benzene rings is 2. The minimum atomic E-state index is -0.252. The SMILES string of the molecule is CCC(c1ccccc1)C(Br)c1cc(Cl)c(Br)cc1F. The predicted molar refractivity (Wildman–Crippen MR) is 90.3 cm³/mol. The highest BCUT2D eigenvalue weighted by molar-refractivity contribution is 9.10. The van der Waals surface area contributed by atoms with Crippen LogP contribution in [0.5, 0.6) is 0 Å². The summed E-state index contributed by atoms with van der Waals surface area (Å²) in [7, 11) is 0. The quantitative estimate of drug-likeness (QED) is 0.374. The third-order valence-corrected chi connectivity index (χ3v) is 5.69. The second-order valence-electron chi connectivity index (χ2n) is 4.62. The summed E-state index contributed by atoms with van der Waals surface area (Å²) in [5.74, 6) is -0.0551. The molecule has 0 aliphatic carbocycles. The molecule has 0 fully saturated rings. The molecule has 0 amide bonds. The molecule has 0 saturated heterocycles. The molecule has 0 heterocycles. The Labute approximate surface area is 140 Å².